The molecule has 18 heavy (non-hydrogen) atoms. The second-order valence-corrected chi connectivity index (χ2v) is 5.77. The van der Waals surface area contributed by atoms with E-state index in [1.165, 1.54) is 22.9 Å². The minimum atomic E-state index is 0.102. The number of rotatable bonds is 1. The van der Waals surface area contributed by atoms with Gasteiger partial charge < -0.3 is 4.74 Å². The Hall–Kier alpha value is -0.870. The molecule has 1 aliphatic rings. The lowest BCUT2D eigenvalue weighted by molar-refractivity contribution is -0.0366. The maximum Gasteiger partial charge on any atom is 0.150 e. The van der Waals surface area contributed by atoms with Gasteiger partial charge in [0.15, 0.2) is 6.23 Å². The zero-order chi connectivity index (χ0) is 12.7. The molecule has 1 aliphatic heterocycles. The van der Waals surface area contributed by atoms with Gasteiger partial charge in [-0.05, 0) is 66.2 Å². The monoisotopic (exact) mass is 308 g/mol. The van der Waals surface area contributed by atoms with Crippen LogP contribution in [0, 0.1) is 13.8 Å². The van der Waals surface area contributed by atoms with E-state index in [1.54, 1.807) is 0 Å². The van der Waals surface area contributed by atoms with Gasteiger partial charge in [-0.1, -0.05) is 0 Å². The molecule has 0 amide bonds. The highest BCUT2D eigenvalue weighted by Gasteiger charge is 2.19. The number of halogens is 1. The van der Waals surface area contributed by atoms with Crippen LogP contribution in [0.5, 0.6) is 0 Å². The highest BCUT2D eigenvalue weighted by atomic mass is 79.9. The van der Waals surface area contributed by atoms with Crippen molar-refractivity contribution in [1.82, 2.24) is 9.78 Å². The van der Waals surface area contributed by atoms with Crippen molar-refractivity contribution in [3.05, 3.63) is 27.9 Å². The minimum absolute atomic E-state index is 0.102. The lowest BCUT2D eigenvalue weighted by Gasteiger charge is -2.23. The summed E-state index contributed by atoms with van der Waals surface area (Å²) in [6.45, 7) is 5.12. The van der Waals surface area contributed by atoms with E-state index < -0.39 is 0 Å². The lowest BCUT2D eigenvalue weighted by atomic mass is 10.1. The van der Waals surface area contributed by atoms with Crippen LogP contribution in [0.1, 0.15) is 36.6 Å². The Morgan fingerprint density at radius 2 is 2.22 bits per heavy atom. The quantitative estimate of drug-likeness (QED) is 0.792. The fraction of sp³-hybridized carbons (Fsp3) is 0.500. The second-order valence-electron chi connectivity index (χ2n) is 4.98. The molecular weight excluding hydrogens is 292 g/mol. The number of fused-ring (bicyclic) bond motifs is 1. The zero-order valence-corrected chi connectivity index (χ0v) is 12.3. The average molecular weight is 309 g/mol. The van der Waals surface area contributed by atoms with Crippen molar-refractivity contribution >= 4 is 26.8 Å². The normalized spacial score (nSPS) is 20.5. The molecular formula is C14H17BrN2O. The maximum atomic E-state index is 5.83. The van der Waals surface area contributed by atoms with E-state index in [2.05, 4.69) is 40.9 Å². The summed E-state index contributed by atoms with van der Waals surface area (Å²) in [6.07, 6.45) is 5.48. The zero-order valence-electron chi connectivity index (χ0n) is 10.7. The number of nitrogens with zero attached hydrogens (tertiary/aromatic N) is 2. The Bertz CT molecular complexity index is 585. The van der Waals surface area contributed by atoms with Crippen LogP contribution in [-0.2, 0) is 4.74 Å². The maximum absolute atomic E-state index is 5.83. The van der Waals surface area contributed by atoms with Crippen molar-refractivity contribution in [2.45, 2.75) is 39.3 Å². The minimum Gasteiger partial charge on any atom is -0.356 e. The first kappa shape index (κ1) is 12.2. The molecule has 4 heteroatoms. The molecule has 2 heterocycles. The summed E-state index contributed by atoms with van der Waals surface area (Å²) in [5.74, 6) is 0. The van der Waals surface area contributed by atoms with Gasteiger partial charge in [-0.3, -0.25) is 0 Å². The van der Waals surface area contributed by atoms with Gasteiger partial charge >= 0.3 is 0 Å². The molecule has 0 unspecified atom stereocenters. The van der Waals surface area contributed by atoms with Crippen molar-refractivity contribution in [3.8, 4) is 0 Å². The molecule has 0 saturated carbocycles. The second kappa shape index (κ2) is 4.67. The Labute approximate surface area is 115 Å². The summed E-state index contributed by atoms with van der Waals surface area (Å²) >= 11 is 3.67. The van der Waals surface area contributed by atoms with Gasteiger partial charge in [0.25, 0.3) is 0 Å². The summed E-state index contributed by atoms with van der Waals surface area (Å²) < 4.78 is 9.01. The van der Waals surface area contributed by atoms with E-state index in [0.717, 1.165) is 29.4 Å². The molecule has 2 aromatic rings. The molecule has 0 radical (unpaired) electrons. The molecule has 3 nitrogen and oxygen atoms in total. The molecule has 3 rings (SSSR count). The molecule has 96 valence electrons. The van der Waals surface area contributed by atoms with E-state index >= 15 is 0 Å². The first-order valence-electron chi connectivity index (χ1n) is 6.43. The SMILES string of the molecule is Cc1cc2c(cnn2[C@@H]2CCCCO2)c(Br)c1C. The van der Waals surface area contributed by atoms with E-state index in [0.29, 0.717) is 0 Å². The summed E-state index contributed by atoms with van der Waals surface area (Å²) in [5.41, 5.74) is 3.73. The Kier molecular flexibility index (Phi) is 3.16. The van der Waals surface area contributed by atoms with Crippen LogP contribution < -0.4 is 0 Å². The first-order chi connectivity index (χ1) is 8.68. The van der Waals surface area contributed by atoms with Crippen LogP contribution in [-0.4, -0.2) is 16.4 Å². The molecule has 0 aliphatic carbocycles. The molecule has 1 atom stereocenters. The van der Waals surface area contributed by atoms with Crippen LogP contribution in [0.25, 0.3) is 10.9 Å². The van der Waals surface area contributed by atoms with Crippen molar-refractivity contribution in [2.75, 3.05) is 6.61 Å². The van der Waals surface area contributed by atoms with Gasteiger partial charge in [0.2, 0.25) is 0 Å². The number of hydrogen-bond acceptors (Lipinski definition) is 2. The van der Waals surface area contributed by atoms with Gasteiger partial charge in [0.1, 0.15) is 0 Å². The van der Waals surface area contributed by atoms with Crippen molar-refractivity contribution in [3.63, 3.8) is 0 Å². The third-order valence-corrected chi connectivity index (χ3v) is 4.79. The topological polar surface area (TPSA) is 27.1 Å². The molecule has 0 N–H and O–H groups in total. The van der Waals surface area contributed by atoms with E-state index in [4.69, 9.17) is 4.74 Å². The van der Waals surface area contributed by atoms with E-state index in [-0.39, 0.29) is 6.23 Å². The largest absolute Gasteiger partial charge is 0.356 e. The predicted octanol–water partition coefficient (Wildman–Crippen LogP) is 4.11. The van der Waals surface area contributed by atoms with Crippen LogP contribution in [0.2, 0.25) is 0 Å². The first-order valence-corrected chi connectivity index (χ1v) is 7.22. The molecule has 1 saturated heterocycles. The van der Waals surface area contributed by atoms with Gasteiger partial charge in [0.05, 0.1) is 11.7 Å². The van der Waals surface area contributed by atoms with Crippen LogP contribution in [0.15, 0.2) is 16.7 Å². The van der Waals surface area contributed by atoms with Crippen LogP contribution in [0.4, 0.5) is 0 Å². The number of hydrogen-bond donors (Lipinski definition) is 0. The van der Waals surface area contributed by atoms with Gasteiger partial charge in [0, 0.05) is 16.5 Å². The van der Waals surface area contributed by atoms with Crippen molar-refractivity contribution in [2.24, 2.45) is 0 Å². The lowest BCUT2D eigenvalue weighted by Crippen LogP contribution is -2.19. The smallest absolute Gasteiger partial charge is 0.150 e. The third kappa shape index (κ3) is 1.88. The average Bonchev–Trinajstić information content (AvgIpc) is 2.81. The fourth-order valence-corrected chi connectivity index (χ4v) is 3.14. The fourth-order valence-electron chi connectivity index (χ4n) is 2.52. The number of aryl methyl sites for hydroxylation is 1. The Morgan fingerprint density at radius 3 is 2.94 bits per heavy atom. The van der Waals surface area contributed by atoms with E-state index in [9.17, 15) is 0 Å². The van der Waals surface area contributed by atoms with Gasteiger partial charge in [-0.25, -0.2) is 4.68 Å². The number of aromatic nitrogens is 2. The highest BCUT2D eigenvalue weighted by molar-refractivity contribution is 9.10. The predicted molar refractivity (Wildman–Crippen MR) is 75.7 cm³/mol. The van der Waals surface area contributed by atoms with Gasteiger partial charge in [-0.2, -0.15) is 5.10 Å². The standard InChI is InChI=1S/C14H17BrN2O/c1-9-7-12-11(14(15)10(9)2)8-16-17(12)13-5-3-4-6-18-13/h7-8,13H,3-6H2,1-2H3/t13-/m0/s1. The third-order valence-electron chi connectivity index (χ3n) is 3.77. The van der Waals surface area contributed by atoms with E-state index in [1.807, 2.05) is 10.9 Å². The summed E-state index contributed by atoms with van der Waals surface area (Å²) in [6, 6.07) is 2.21. The Balaban J connectivity index is 2.13. The summed E-state index contributed by atoms with van der Waals surface area (Å²) in [7, 11) is 0. The molecule has 0 bridgehead atoms. The van der Waals surface area contributed by atoms with Gasteiger partial charge in [-0.15, -0.1) is 0 Å². The summed E-state index contributed by atoms with van der Waals surface area (Å²) in [5, 5.41) is 5.70. The number of ether oxygens (including phenoxy) is 1. The molecule has 1 fully saturated rings. The van der Waals surface area contributed by atoms with Crippen molar-refractivity contribution < 1.29 is 4.74 Å². The number of benzene rings is 1. The molecule has 1 aromatic heterocycles. The molecule has 1 aromatic carbocycles. The molecule has 0 spiro atoms. The Morgan fingerprint density at radius 1 is 1.39 bits per heavy atom. The van der Waals surface area contributed by atoms with Crippen molar-refractivity contribution in [1.29, 1.82) is 0 Å². The summed E-state index contributed by atoms with van der Waals surface area (Å²) in [4.78, 5) is 0. The highest BCUT2D eigenvalue weighted by Crippen LogP contribution is 2.33. The van der Waals surface area contributed by atoms with Crippen LogP contribution in [0.3, 0.4) is 0 Å². The van der Waals surface area contributed by atoms with Crippen LogP contribution >= 0.6 is 15.9 Å².